The Morgan fingerprint density at radius 3 is 2.47 bits per heavy atom. The molecule has 1 aromatic carbocycles. The van der Waals surface area contributed by atoms with Crippen LogP contribution >= 0.6 is 0 Å². The maximum absolute atomic E-state index is 11.1. The average Bonchev–Trinajstić information content (AvgIpc) is 2.18. The molecule has 0 heterocycles. The minimum atomic E-state index is -2.25. The number of rotatable bonds is 4. The van der Waals surface area contributed by atoms with Crippen molar-refractivity contribution in [2.24, 2.45) is 0 Å². The molecule has 4 heteroatoms. The van der Waals surface area contributed by atoms with Gasteiger partial charge in [-0.1, -0.05) is 32.0 Å². The number of carbonyl (C=O) groups is 1. The van der Waals surface area contributed by atoms with Crippen LogP contribution in [0.5, 0.6) is 0 Å². The van der Waals surface area contributed by atoms with Gasteiger partial charge in [0.15, 0.2) is 0 Å². The second kappa shape index (κ2) is 5.77. The van der Waals surface area contributed by atoms with Gasteiger partial charge < -0.3 is 0 Å². The molecule has 0 aromatic heterocycles. The van der Waals surface area contributed by atoms with Crippen LogP contribution in [0.4, 0.5) is 0 Å². The third-order valence-electron chi connectivity index (χ3n) is 2.50. The van der Waals surface area contributed by atoms with Gasteiger partial charge in [-0.2, -0.15) is 8.42 Å². The Morgan fingerprint density at radius 1 is 1.35 bits per heavy atom. The summed E-state index contributed by atoms with van der Waals surface area (Å²) in [7, 11) is -2.25. The van der Waals surface area contributed by atoms with E-state index in [9.17, 15) is 13.2 Å². The van der Waals surface area contributed by atoms with Gasteiger partial charge in [-0.05, 0) is 29.5 Å². The highest BCUT2D eigenvalue weighted by atomic mass is 32.2. The van der Waals surface area contributed by atoms with Gasteiger partial charge >= 0.3 is 0 Å². The monoisotopic (exact) mass is 252 g/mol. The first-order valence-corrected chi connectivity index (χ1v) is 6.59. The fourth-order valence-corrected chi connectivity index (χ4v) is 2.04. The number of ketones is 1. The molecule has 92 valence electrons. The molecule has 0 amide bonds. The third-order valence-corrected chi connectivity index (χ3v) is 2.95. The lowest BCUT2D eigenvalue weighted by molar-refractivity contribution is -0.116. The van der Waals surface area contributed by atoms with Crippen molar-refractivity contribution in [3.05, 3.63) is 34.9 Å². The maximum Gasteiger partial charge on any atom is 0.214 e. The van der Waals surface area contributed by atoms with Crippen molar-refractivity contribution in [2.75, 3.05) is 0 Å². The maximum atomic E-state index is 11.1. The van der Waals surface area contributed by atoms with E-state index in [1.165, 1.54) is 6.92 Å². The topological polar surface area (TPSA) is 51.2 Å². The third kappa shape index (κ3) is 4.15. The molecule has 17 heavy (non-hydrogen) atoms. The summed E-state index contributed by atoms with van der Waals surface area (Å²) in [5.41, 5.74) is 2.43. The lowest BCUT2D eigenvalue weighted by Crippen LogP contribution is -2.02. The molecule has 3 nitrogen and oxygen atoms in total. The molecule has 1 aromatic rings. The summed E-state index contributed by atoms with van der Waals surface area (Å²) in [6.07, 6.45) is 0.265. The van der Waals surface area contributed by atoms with E-state index in [1.54, 1.807) is 0 Å². The van der Waals surface area contributed by atoms with Gasteiger partial charge in [-0.25, -0.2) is 0 Å². The SMILES string of the molecule is CC(=O)Cc1ccc(C(C)C)cc1C=S(=O)=O. The Balaban J connectivity index is 3.31. The molecule has 0 aliphatic carbocycles. The van der Waals surface area contributed by atoms with Crippen molar-refractivity contribution >= 4 is 21.4 Å². The number of hydrogen-bond donors (Lipinski definition) is 0. The van der Waals surface area contributed by atoms with Crippen molar-refractivity contribution in [1.29, 1.82) is 0 Å². The van der Waals surface area contributed by atoms with Crippen molar-refractivity contribution in [1.82, 2.24) is 0 Å². The van der Waals surface area contributed by atoms with Crippen LogP contribution in [0.25, 0.3) is 0 Å². The van der Waals surface area contributed by atoms with Gasteiger partial charge in [0.05, 0.1) is 5.37 Å². The predicted octanol–water partition coefficient (Wildman–Crippen LogP) is 1.97. The lowest BCUT2D eigenvalue weighted by Gasteiger charge is -2.09. The molecule has 0 aliphatic heterocycles. The molecule has 0 spiro atoms. The minimum Gasteiger partial charge on any atom is -0.300 e. The Hall–Kier alpha value is -1.42. The van der Waals surface area contributed by atoms with E-state index >= 15 is 0 Å². The molecule has 0 saturated heterocycles. The molecule has 0 aliphatic rings. The molecule has 0 unspecified atom stereocenters. The van der Waals surface area contributed by atoms with E-state index in [2.05, 4.69) is 0 Å². The van der Waals surface area contributed by atoms with Gasteiger partial charge in [0, 0.05) is 6.42 Å². The van der Waals surface area contributed by atoms with E-state index in [0.29, 0.717) is 11.5 Å². The molecule has 0 bridgehead atoms. The van der Waals surface area contributed by atoms with Crippen LogP contribution < -0.4 is 0 Å². The Bertz CT molecular complexity index is 546. The van der Waals surface area contributed by atoms with E-state index in [-0.39, 0.29) is 12.2 Å². The average molecular weight is 252 g/mol. The highest BCUT2D eigenvalue weighted by molar-refractivity contribution is 7.71. The number of Topliss-reactive ketones (excluding diaryl/α,β-unsaturated/α-hetero) is 1. The van der Waals surface area contributed by atoms with Gasteiger partial charge in [0.25, 0.3) is 0 Å². The van der Waals surface area contributed by atoms with E-state index in [1.807, 2.05) is 32.0 Å². The minimum absolute atomic E-state index is 0.0219. The largest absolute Gasteiger partial charge is 0.300 e. The Labute approximate surface area is 103 Å². The van der Waals surface area contributed by atoms with Crippen LogP contribution in [-0.2, 0) is 21.5 Å². The zero-order chi connectivity index (χ0) is 13.0. The van der Waals surface area contributed by atoms with Crippen LogP contribution in [0.1, 0.15) is 43.4 Å². The molecule has 1 rings (SSSR count). The quantitative estimate of drug-likeness (QED) is 0.770. The Kier molecular flexibility index (Phi) is 4.63. The molecular weight excluding hydrogens is 236 g/mol. The Morgan fingerprint density at radius 2 is 2.00 bits per heavy atom. The first-order chi connectivity index (χ1) is 7.90. The first-order valence-electron chi connectivity index (χ1n) is 5.45. The summed E-state index contributed by atoms with van der Waals surface area (Å²) in [5, 5.41) is 1.16. The number of hydrogen-bond acceptors (Lipinski definition) is 3. The summed E-state index contributed by atoms with van der Waals surface area (Å²) in [6.45, 7) is 5.57. The fourth-order valence-electron chi connectivity index (χ4n) is 1.62. The van der Waals surface area contributed by atoms with Crippen LogP contribution in [-0.4, -0.2) is 19.6 Å². The van der Waals surface area contributed by atoms with Crippen LogP contribution in [0.3, 0.4) is 0 Å². The molecule has 0 fully saturated rings. The van der Waals surface area contributed by atoms with E-state index in [0.717, 1.165) is 16.5 Å². The van der Waals surface area contributed by atoms with Crippen molar-refractivity contribution in [3.63, 3.8) is 0 Å². The standard InChI is InChI=1S/C13H16O3S/c1-9(2)11-4-5-12(6-10(3)14)13(7-11)8-17(15)16/h4-5,7-9H,6H2,1-3H3. The van der Waals surface area contributed by atoms with E-state index < -0.39 is 10.3 Å². The normalized spacial score (nSPS) is 10.4. The van der Waals surface area contributed by atoms with Crippen molar-refractivity contribution in [2.45, 2.75) is 33.1 Å². The second-order valence-corrected chi connectivity index (χ2v) is 5.13. The number of carbonyl (C=O) groups excluding carboxylic acids is 1. The summed E-state index contributed by atoms with van der Waals surface area (Å²) in [5.74, 6) is 0.349. The molecule has 0 saturated carbocycles. The zero-order valence-electron chi connectivity index (χ0n) is 10.2. The van der Waals surface area contributed by atoms with Crippen molar-refractivity contribution in [3.8, 4) is 0 Å². The van der Waals surface area contributed by atoms with Crippen LogP contribution in [0.2, 0.25) is 0 Å². The molecule has 0 atom stereocenters. The van der Waals surface area contributed by atoms with Gasteiger partial charge in [0.1, 0.15) is 5.78 Å². The van der Waals surface area contributed by atoms with Crippen molar-refractivity contribution < 1.29 is 13.2 Å². The summed E-state index contributed by atoms with van der Waals surface area (Å²) >= 11 is 0. The van der Waals surface area contributed by atoms with Gasteiger partial charge in [-0.3, -0.25) is 4.79 Å². The summed E-state index contributed by atoms with van der Waals surface area (Å²) in [4.78, 5) is 11.1. The highest BCUT2D eigenvalue weighted by Gasteiger charge is 2.07. The fraction of sp³-hybridized carbons (Fsp3) is 0.385. The summed E-state index contributed by atoms with van der Waals surface area (Å²) in [6, 6.07) is 5.60. The highest BCUT2D eigenvalue weighted by Crippen LogP contribution is 2.18. The first kappa shape index (κ1) is 13.6. The second-order valence-electron chi connectivity index (χ2n) is 4.37. The van der Waals surface area contributed by atoms with Gasteiger partial charge in [-0.15, -0.1) is 0 Å². The smallest absolute Gasteiger partial charge is 0.214 e. The van der Waals surface area contributed by atoms with Crippen LogP contribution in [0.15, 0.2) is 18.2 Å². The predicted molar refractivity (Wildman–Crippen MR) is 69.0 cm³/mol. The van der Waals surface area contributed by atoms with Crippen LogP contribution in [0, 0.1) is 0 Å². The summed E-state index contributed by atoms with van der Waals surface area (Å²) < 4.78 is 21.5. The molecule has 0 N–H and O–H groups in total. The lowest BCUT2D eigenvalue weighted by atomic mass is 9.96. The van der Waals surface area contributed by atoms with E-state index in [4.69, 9.17) is 0 Å². The molecular formula is C13H16O3S. The van der Waals surface area contributed by atoms with Gasteiger partial charge in [0.2, 0.25) is 10.3 Å². The molecule has 0 radical (unpaired) electrons. The number of benzene rings is 1. The zero-order valence-corrected chi connectivity index (χ0v) is 11.0.